The second-order valence-electron chi connectivity index (χ2n) is 3.35. The normalized spacial score (nSPS) is 9.94. The second kappa shape index (κ2) is 4.85. The van der Waals surface area contributed by atoms with Crippen molar-refractivity contribution in [3.63, 3.8) is 0 Å². The molecule has 86 valence electrons. The summed E-state index contributed by atoms with van der Waals surface area (Å²) in [6.45, 7) is 2.19. The maximum atomic E-state index is 8.81. The molecule has 2 heterocycles. The number of nitrogens with one attached hydrogen (secondary N) is 1. The van der Waals surface area contributed by atoms with Gasteiger partial charge in [0.1, 0.15) is 22.7 Å². The summed E-state index contributed by atoms with van der Waals surface area (Å²) in [4.78, 5) is 8.08. The van der Waals surface area contributed by atoms with Crippen molar-refractivity contribution in [2.45, 2.75) is 13.5 Å². The van der Waals surface area contributed by atoms with E-state index in [9.17, 15) is 0 Å². The van der Waals surface area contributed by atoms with Crippen LogP contribution < -0.4 is 5.32 Å². The van der Waals surface area contributed by atoms with Crippen molar-refractivity contribution in [2.75, 3.05) is 5.32 Å². The maximum Gasteiger partial charge on any atom is 0.213 e. The zero-order valence-electron chi connectivity index (χ0n) is 9.07. The number of hydrogen-bond acceptors (Lipinski definition) is 5. The van der Waals surface area contributed by atoms with Gasteiger partial charge in [0.2, 0.25) is 5.89 Å². The van der Waals surface area contributed by atoms with Gasteiger partial charge in [-0.05, 0) is 13.0 Å². The first-order valence-corrected chi connectivity index (χ1v) is 5.28. The van der Waals surface area contributed by atoms with Crippen LogP contribution in [0.1, 0.15) is 17.2 Å². The average molecular weight is 249 g/mol. The van der Waals surface area contributed by atoms with Gasteiger partial charge in [-0.25, -0.2) is 9.97 Å². The van der Waals surface area contributed by atoms with Crippen LogP contribution in [0.5, 0.6) is 0 Å². The number of halogens is 1. The van der Waals surface area contributed by atoms with Gasteiger partial charge in [0.05, 0.1) is 18.3 Å². The van der Waals surface area contributed by atoms with Gasteiger partial charge in [-0.2, -0.15) is 5.26 Å². The standard InChI is InChI=1S/C11H9ClN4O/c1-7-5-15-9(17-7)6-16-11-10(12)8(4-13)2-3-14-11/h2-3,5H,6H2,1H3,(H,14,16). The molecule has 1 N–H and O–H groups in total. The van der Waals surface area contributed by atoms with E-state index in [2.05, 4.69) is 15.3 Å². The fourth-order valence-corrected chi connectivity index (χ4v) is 1.52. The third kappa shape index (κ3) is 2.55. The van der Waals surface area contributed by atoms with Crippen LogP contribution in [0.15, 0.2) is 22.9 Å². The summed E-state index contributed by atoms with van der Waals surface area (Å²) < 4.78 is 5.29. The quantitative estimate of drug-likeness (QED) is 0.903. The summed E-state index contributed by atoms with van der Waals surface area (Å²) >= 11 is 5.98. The molecule has 2 aromatic heterocycles. The minimum atomic E-state index is 0.304. The molecular formula is C11H9ClN4O. The first-order chi connectivity index (χ1) is 8.20. The van der Waals surface area contributed by atoms with Gasteiger partial charge < -0.3 is 9.73 Å². The van der Waals surface area contributed by atoms with Crippen molar-refractivity contribution in [3.8, 4) is 6.07 Å². The van der Waals surface area contributed by atoms with E-state index in [-0.39, 0.29) is 0 Å². The van der Waals surface area contributed by atoms with Crippen molar-refractivity contribution in [1.29, 1.82) is 5.26 Å². The summed E-state index contributed by atoms with van der Waals surface area (Å²) in [6.07, 6.45) is 3.16. The Kier molecular flexibility index (Phi) is 3.26. The van der Waals surface area contributed by atoms with Crippen LogP contribution in [-0.4, -0.2) is 9.97 Å². The average Bonchev–Trinajstić information content (AvgIpc) is 2.74. The molecule has 0 unspecified atom stereocenters. The smallest absolute Gasteiger partial charge is 0.213 e. The predicted molar refractivity (Wildman–Crippen MR) is 62.5 cm³/mol. The zero-order valence-corrected chi connectivity index (χ0v) is 9.82. The van der Waals surface area contributed by atoms with E-state index in [0.717, 1.165) is 5.76 Å². The fraction of sp³-hybridized carbons (Fsp3) is 0.182. The molecule has 0 radical (unpaired) electrons. The summed E-state index contributed by atoms with van der Waals surface area (Å²) in [5.74, 6) is 1.73. The predicted octanol–water partition coefficient (Wildman–Crippen LogP) is 2.52. The van der Waals surface area contributed by atoms with Gasteiger partial charge in [0.15, 0.2) is 0 Å². The van der Waals surface area contributed by atoms with Crippen LogP contribution in [0.4, 0.5) is 5.82 Å². The number of anilines is 1. The van der Waals surface area contributed by atoms with Gasteiger partial charge in [-0.3, -0.25) is 0 Å². The lowest BCUT2D eigenvalue weighted by atomic mass is 10.3. The molecule has 5 nitrogen and oxygen atoms in total. The van der Waals surface area contributed by atoms with E-state index in [1.54, 1.807) is 12.3 Å². The lowest BCUT2D eigenvalue weighted by Gasteiger charge is -2.05. The lowest BCUT2D eigenvalue weighted by Crippen LogP contribution is -2.02. The molecule has 0 aliphatic carbocycles. The summed E-state index contributed by atoms with van der Waals surface area (Å²) in [6, 6.07) is 3.55. The fourth-order valence-electron chi connectivity index (χ4n) is 1.30. The van der Waals surface area contributed by atoms with Crippen LogP contribution in [-0.2, 0) is 6.54 Å². The van der Waals surface area contributed by atoms with Gasteiger partial charge >= 0.3 is 0 Å². The summed E-state index contributed by atoms with van der Waals surface area (Å²) in [5.41, 5.74) is 0.382. The number of aryl methyl sites for hydroxylation is 1. The molecule has 2 rings (SSSR count). The Balaban J connectivity index is 2.12. The van der Waals surface area contributed by atoms with Crippen molar-refractivity contribution >= 4 is 17.4 Å². The molecule has 0 saturated carbocycles. The summed E-state index contributed by atoms with van der Waals surface area (Å²) in [7, 11) is 0. The number of rotatable bonds is 3. The Labute approximate surface area is 103 Å². The van der Waals surface area contributed by atoms with E-state index in [1.165, 1.54) is 6.20 Å². The Morgan fingerprint density at radius 3 is 3.00 bits per heavy atom. The van der Waals surface area contributed by atoms with Gasteiger partial charge in [-0.1, -0.05) is 11.6 Å². The molecule has 0 spiro atoms. The number of aromatic nitrogens is 2. The summed E-state index contributed by atoms with van der Waals surface area (Å²) in [5, 5.41) is 12.1. The third-order valence-electron chi connectivity index (χ3n) is 2.09. The Bertz CT molecular complexity index is 573. The molecule has 0 bridgehead atoms. The van der Waals surface area contributed by atoms with E-state index < -0.39 is 0 Å². The third-order valence-corrected chi connectivity index (χ3v) is 2.47. The lowest BCUT2D eigenvalue weighted by molar-refractivity contribution is 0.479. The van der Waals surface area contributed by atoms with Gasteiger partial charge in [0.25, 0.3) is 0 Å². The van der Waals surface area contributed by atoms with Gasteiger partial charge in [-0.15, -0.1) is 0 Å². The molecule has 0 fully saturated rings. The molecule has 0 aliphatic heterocycles. The molecule has 2 aromatic rings. The van der Waals surface area contributed by atoms with Crippen molar-refractivity contribution in [2.24, 2.45) is 0 Å². The Hall–Kier alpha value is -2.06. The van der Waals surface area contributed by atoms with Crippen LogP contribution in [0.3, 0.4) is 0 Å². The SMILES string of the molecule is Cc1cnc(CNc2nccc(C#N)c2Cl)o1. The molecule has 0 aromatic carbocycles. The van der Waals surface area contributed by atoms with E-state index in [0.29, 0.717) is 28.8 Å². The van der Waals surface area contributed by atoms with Crippen LogP contribution in [0.2, 0.25) is 5.02 Å². The van der Waals surface area contributed by atoms with Crippen molar-refractivity contribution in [1.82, 2.24) is 9.97 Å². The topological polar surface area (TPSA) is 74.7 Å². The molecular weight excluding hydrogens is 240 g/mol. The molecule has 0 atom stereocenters. The highest BCUT2D eigenvalue weighted by molar-refractivity contribution is 6.34. The minimum Gasteiger partial charge on any atom is -0.444 e. The number of oxazole rings is 1. The number of nitrogens with zero attached hydrogens (tertiary/aromatic N) is 3. The van der Waals surface area contributed by atoms with E-state index >= 15 is 0 Å². The van der Waals surface area contributed by atoms with Crippen LogP contribution >= 0.6 is 11.6 Å². The maximum absolute atomic E-state index is 8.81. The molecule has 6 heteroatoms. The van der Waals surface area contributed by atoms with Crippen molar-refractivity contribution in [3.05, 3.63) is 40.7 Å². The van der Waals surface area contributed by atoms with Crippen LogP contribution in [0.25, 0.3) is 0 Å². The number of nitriles is 1. The first-order valence-electron chi connectivity index (χ1n) is 4.90. The van der Waals surface area contributed by atoms with E-state index in [1.807, 2.05) is 13.0 Å². The zero-order chi connectivity index (χ0) is 12.3. The molecule has 0 amide bonds. The number of pyridine rings is 1. The minimum absolute atomic E-state index is 0.304. The monoisotopic (exact) mass is 248 g/mol. The Morgan fingerprint density at radius 2 is 2.35 bits per heavy atom. The first kappa shape index (κ1) is 11.4. The largest absolute Gasteiger partial charge is 0.444 e. The highest BCUT2D eigenvalue weighted by Gasteiger charge is 2.08. The second-order valence-corrected chi connectivity index (χ2v) is 3.73. The molecule has 0 aliphatic rings. The highest BCUT2D eigenvalue weighted by atomic mass is 35.5. The Morgan fingerprint density at radius 1 is 1.53 bits per heavy atom. The van der Waals surface area contributed by atoms with E-state index in [4.69, 9.17) is 21.3 Å². The molecule has 0 saturated heterocycles. The van der Waals surface area contributed by atoms with Crippen molar-refractivity contribution < 1.29 is 4.42 Å². The van der Waals surface area contributed by atoms with Crippen LogP contribution in [0, 0.1) is 18.3 Å². The van der Waals surface area contributed by atoms with Gasteiger partial charge in [0, 0.05) is 6.20 Å². The highest BCUT2D eigenvalue weighted by Crippen LogP contribution is 2.23. The number of hydrogen-bond donors (Lipinski definition) is 1. The molecule has 17 heavy (non-hydrogen) atoms.